The molecule has 1 aliphatic heterocycles. The SMILES string of the molecule is Cc1occc1C(=O)Nc1nc(CC(=O)N2CCc3sccc3C2)cs1. The number of carbonyl (C=O) groups is 2. The van der Waals surface area contributed by atoms with E-state index in [1.54, 1.807) is 24.3 Å². The number of hydrogen-bond acceptors (Lipinski definition) is 6. The van der Waals surface area contributed by atoms with Crippen LogP contribution in [0.25, 0.3) is 0 Å². The van der Waals surface area contributed by atoms with Crippen LogP contribution >= 0.6 is 22.7 Å². The molecule has 0 saturated heterocycles. The molecule has 0 atom stereocenters. The van der Waals surface area contributed by atoms with Crippen LogP contribution in [0.15, 0.2) is 33.6 Å². The number of aromatic nitrogens is 1. The standard InChI is InChI=1S/C18H17N3O3S2/c1-11-14(3-6-24-11)17(23)20-18-19-13(10-26-18)8-16(22)21-5-2-15-12(9-21)4-7-25-15/h3-4,6-7,10H,2,5,8-9H2,1H3,(H,19,20,23). The van der Waals surface area contributed by atoms with Gasteiger partial charge in [0.15, 0.2) is 5.13 Å². The third kappa shape index (κ3) is 3.42. The van der Waals surface area contributed by atoms with Crippen LogP contribution in [0, 0.1) is 6.92 Å². The van der Waals surface area contributed by atoms with Crippen LogP contribution in [0.2, 0.25) is 0 Å². The van der Waals surface area contributed by atoms with Gasteiger partial charge in [-0.3, -0.25) is 14.9 Å². The fraction of sp³-hybridized carbons (Fsp3) is 0.278. The molecule has 0 unspecified atom stereocenters. The van der Waals surface area contributed by atoms with Crippen molar-refractivity contribution in [1.82, 2.24) is 9.88 Å². The molecule has 0 saturated carbocycles. The summed E-state index contributed by atoms with van der Waals surface area (Å²) in [6.07, 6.45) is 2.64. The summed E-state index contributed by atoms with van der Waals surface area (Å²) in [6.45, 7) is 3.16. The Bertz CT molecular complexity index is 956. The molecule has 0 radical (unpaired) electrons. The van der Waals surface area contributed by atoms with E-state index in [-0.39, 0.29) is 18.2 Å². The summed E-state index contributed by atoms with van der Waals surface area (Å²) in [5, 5.41) is 7.13. The number of fused-ring (bicyclic) bond motifs is 1. The highest BCUT2D eigenvalue weighted by Crippen LogP contribution is 2.25. The third-order valence-electron chi connectivity index (χ3n) is 4.37. The Morgan fingerprint density at radius 2 is 2.23 bits per heavy atom. The van der Waals surface area contributed by atoms with Gasteiger partial charge in [-0.25, -0.2) is 4.98 Å². The molecule has 2 amide bonds. The monoisotopic (exact) mass is 387 g/mol. The maximum atomic E-state index is 12.6. The first-order chi connectivity index (χ1) is 12.6. The zero-order valence-electron chi connectivity index (χ0n) is 14.2. The maximum absolute atomic E-state index is 12.6. The molecule has 0 aliphatic carbocycles. The summed E-state index contributed by atoms with van der Waals surface area (Å²) in [5.41, 5.74) is 2.41. The Hall–Kier alpha value is -2.45. The summed E-state index contributed by atoms with van der Waals surface area (Å²) in [7, 11) is 0. The van der Waals surface area contributed by atoms with Crippen molar-refractivity contribution in [3.05, 3.63) is 56.6 Å². The molecule has 6 nitrogen and oxygen atoms in total. The molecular formula is C18H17N3O3S2. The van der Waals surface area contributed by atoms with Gasteiger partial charge >= 0.3 is 0 Å². The van der Waals surface area contributed by atoms with E-state index in [2.05, 4.69) is 21.7 Å². The summed E-state index contributed by atoms with van der Waals surface area (Å²) >= 11 is 3.07. The molecule has 3 aromatic rings. The Labute approximate surface area is 158 Å². The van der Waals surface area contributed by atoms with Gasteiger partial charge in [0.05, 0.1) is 23.9 Å². The number of aryl methyl sites for hydroxylation is 1. The molecule has 8 heteroatoms. The lowest BCUT2D eigenvalue weighted by atomic mass is 10.1. The number of amides is 2. The van der Waals surface area contributed by atoms with Crippen molar-refractivity contribution in [3.8, 4) is 0 Å². The molecular weight excluding hydrogens is 370 g/mol. The van der Waals surface area contributed by atoms with Crippen molar-refractivity contribution >= 4 is 39.6 Å². The average Bonchev–Trinajstić information content (AvgIpc) is 3.35. The van der Waals surface area contributed by atoms with Crippen LogP contribution in [0.4, 0.5) is 5.13 Å². The van der Waals surface area contributed by atoms with Crippen LogP contribution in [0.3, 0.4) is 0 Å². The molecule has 0 bridgehead atoms. The van der Waals surface area contributed by atoms with Crippen molar-refractivity contribution in [1.29, 1.82) is 0 Å². The van der Waals surface area contributed by atoms with Gasteiger partial charge in [0.25, 0.3) is 5.91 Å². The lowest BCUT2D eigenvalue weighted by molar-refractivity contribution is -0.131. The van der Waals surface area contributed by atoms with Gasteiger partial charge in [0.2, 0.25) is 5.91 Å². The number of nitrogens with one attached hydrogen (secondary N) is 1. The van der Waals surface area contributed by atoms with Crippen LogP contribution in [0.5, 0.6) is 0 Å². The second kappa shape index (κ2) is 7.05. The van der Waals surface area contributed by atoms with Gasteiger partial charge in [-0.15, -0.1) is 22.7 Å². The van der Waals surface area contributed by atoms with Gasteiger partial charge in [0, 0.05) is 23.3 Å². The molecule has 4 heterocycles. The molecule has 3 aromatic heterocycles. The van der Waals surface area contributed by atoms with Gasteiger partial charge < -0.3 is 9.32 Å². The quantitative estimate of drug-likeness (QED) is 0.744. The maximum Gasteiger partial charge on any atom is 0.260 e. The van der Waals surface area contributed by atoms with E-state index >= 15 is 0 Å². The summed E-state index contributed by atoms with van der Waals surface area (Å²) in [6, 6.07) is 3.71. The molecule has 0 fully saturated rings. The average molecular weight is 387 g/mol. The van der Waals surface area contributed by atoms with E-state index in [9.17, 15) is 9.59 Å². The van der Waals surface area contributed by atoms with E-state index in [4.69, 9.17) is 4.42 Å². The fourth-order valence-electron chi connectivity index (χ4n) is 2.96. The highest BCUT2D eigenvalue weighted by Gasteiger charge is 2.22. The summed E-state index contributed by atoms with van der Waals surface area (Å²) in [4.78, 5) is 32.4. The van der Waals surface area contributed by atoms with Crippen molar-refractivity contribution < 1.29 is 14.0 Å². The topological polar surface area (TPSA) is 75.4 Å². The van der Waals surface area contributed by atoms with Crippen LogP contribution in [-0.4, -0.2) is 28.2 Å². The molecule has 1 aliphatic rings. The summed E-state index contributed by atoms with van der Waals surface area (Å²) < 4.78 is 5.14. The van der Waals surface area contributed by atoms with Crippen molar-refractivity contribution in [2.45, 2.75) is 26.3 Å². The zero-order chi connectivity index (χ0) is 18.1. The Kier molecular flexibility index (Phi) is 4.60. The Morgan fingerprint density at radius 3 is 3.04 bits per heavy atom. The second-order valence-corrected chi connectivity index (χ2v) is 7.96. The minimum atomic E-state index is -0.260. The number of furan rings is 1. The van der Waals surface area contributed by atoms with Crippen LogP contribution < -0.4 is 5.32 Å². The summed E-state index contributed by atoms with van der Waals surface area (Å²) in [5.74, 6) is 0.368. The number of rotatable bonds is 4. The Morgan fingerprint density at radius 1 is 1.35 bits per heavy atom. The van der Waals surface area contributed by atoms with Crippen molar-refractivity contribution in [2.75, 3.05) is 11.9 Å². The predicted molar refractivity (Wildman–Crippen MR) is 101 cm³/mol. The molecule has 4 rings (SSSR count). The van der Waals surface area contributed by atoms with E-state index < -0.39 is 0 Å². The van der Waals surface area contributed by atoms with E-state index in [0.717, 1.165) is 13.0 Å². The lowest BCUT2D eigenvalue weighted by Crippen LogP contribution is -2.36. The largest absolute Gasteiger partial charge is 0.469 e. The van der Waals surface area contributed by atoms with E-state index in [1.807, 2.05) is 10.3 Å². The molecule has 26 heavy (non-hydrogen) atoms. The number of anilines is 1. The minimum absolute atomic E-state index is 0.0655. The number of thiophene rings is 1. The first-order valence-electron chi connectivity index (χ1n) is 8.23. The normalized spacial score (nSPS) is 13.5. The molecule has 1 N–H and O–H groups in total. The van der Waals surface area contributed by atoms with Gasteiger partial charge in [-0.05, 0) is 36.4 Å². The Balaban J connectivity index is 1.37. The molecule has 0 spiro atoms. The zero-order valence-corrected chi connectivity index (χ0v) is 15.8. The second-order valence-electron chi connectivity index (χ2n) is 6.10. The number of carbonyl (C=O) groups excluding carboxylic acids is 2. The number of hydrogen-bond donors (Lipinski definition) is 1. The van der Waals surface area contributed by atoms with Crippen LogP contribution in [-0.2, 0) is 24.2 Å². The minimum Gasteiger partial charge on any atom is -0.469 e. The van der Waals surface area contributed by atoms with Gasteiger partial charge in [-0.2, -0.15) is 0 Å². The van der Waals surface area contributed by atoms with E-state index in [1.165, 1.54) is 28.0 Å². The predicted octanol–water partition coefficient (Wildman–Crippen LogP) is 3.49. The number of nitrogens with zero attached hydrogens (tertiary/aromatic N) is 2. The third-order valence-corrected chi connectivity index (χ3v) is 6.20. The first-order valence-corrected chi connectivity index (χ1v) is 9.99. The van der Waals surface area contributed by atoms with Crippen LogP contribution in [0.1, 0.15) is 32.3 Å². The van der Waals surface area contributed by atoms with Crippen molar-refractivity contribution in [2.24, 2.45) is 0 Å². The van der Waals surface area contributed by atoms with Crippen molar-refractivity contribution in [3.63, 3.8) is 0 Å². The molecule has 0 aromatic carbocycles. The van der Waals surface area contributed by atoms with Gasteiger partial charge in [-0.1, -0.05) is 0 Å². The molecule has 134 valence electrons. The van der Waals surface area contributed by atoms with E-state index in [0.29, 0.717) is 28.7 Å². The smallest absolute Gasteiger partial charge is 0.260 e. The highest BCUT2D eigenvalue weighted by molar-refractivity contribution is 7.14. The fourth-order valence-corrected chi connectivity index (χ4v) is 4.55. The van der Waals surface area contributed by atoms with Gasteiger partial charge in [0.1, 0.15) is 5.76 Å². The number of thiazole rings is 1. The first kappa shape index (κ1) is 17.0. The lowest BCUT2D eigenvalue weighted by Gasteiger charge is -2.26. The highest BCUT2D eigenvalue weighted by atomic mass is 32.1.